The number of fused-ring (bicyclic) bond motifs is 3. The first-order valence-electron chi connectivity index (χ1n) is 35.3. The molecule has 682 valence electrons. The Labute approximate surface area is 741 Å². The molecule has 45 nitrogen and oxygen atoms in total. The Morgan fingerprint density at radius 2 is 0.605 bits per heavy atom. The molecule has 0 aromatic heterocycles. The molecule has 0 atom stereocenters. The van der Waals surface area contributed by atoms with Gasteiger partial charge in [0, 0.05) is 17.4 Å². The van der Waals surface area contributed by atoms with Gasteiger partial charge in [-0.2, -0.15) is 54.1 Å². The maximum absolute atomic E-state index is 12.3. The normalized spacial score (nSPS) is 12.8. The second kappa shape index (κ2) is 40.2. The zero-order valence-corrected chi connectivity index (χ0v) is 73.9. The Kier molecular flexibility index (Phi) is 31.2. The van der Waals surface area contributed by atoms with Crippen molar-refractivity contribution in [3.8, 4) is 50.8 Å². The quantitative estimate of drug-likeness (QED) is 0.00390. The number of anilines is 3. The number of nitrogens with zero attached hydrogens (tertiary/aromatic N) is 12. The lowest BCUT2D eigenvalue weighted by Gasteiger charge is -2.23. The predicted octanol–water partition coefficient (Wildman–Crippen LogP) is 20.9. The fourth-order valence-electron chi connectivity index (χ4n) is 11.5. The Bertz CT molecular complexity index is 7120. The van der Waals surface area contributed by atoms with Crippen LogP contribution in [-0.4, -0.2) is 135 Å². The number of hydrogen-bond acceptors (Lipinski definition) is 41. The van der Waals surface area contributed by atoms with Crippen molar-refractivity contribution >= 4 is 203 Å². The minimum atomic E-state index is -5.03. The van der Waals surface area contributed by atoms with Crippen molar-refractivity contribution in [2.24, 2.45) is 61.4 Å². The number of nitrogen functional groups attached to an aromatic ring is 3. The van der Waals surface area contributed by atoms with Crippen LogP contribution in [0.3, 0.4) is 0 Å². The number of phenols is 3. The molecular formula is C76H75N15O30S8. The SMILES string of the molecule is COc1cc(N=Nc2c(S(O)(O)O)cc3cc(S(=O)(=O)O)c(N=Nc4ccc(C)cc4)c(N)c3c2O)c(OC)cc1C.COc1ccc(OOSC#CS(=O)(=O)O)cc1N=Nc1c(S(O)(O)O)cc2cc(S(=O)(=O)O)c(N=Nc3ccc(C)cc3)c(N)c2c1O.Cc1ccc(N=Nc2c(S(=O)(=O)O)cc3cc(S(O)(O)O)c(N=Nc4ccc(C)cc4)c(O)c3c2N)cc1.O. The molecule has 129 heavy (non-hydrogen) atoms. The fraction of sp³-hybridized carbons (Fsp3) is 0.105. The van der Waals surface area contributed by atoms with E-state index in [1.165, 1.54) is 50.8 Å². The highest BCUT2D eigenvalue weighted by Gasteiger charge is 2.34. The zero-order chi connectivity index (χ0) is 94.3. The van der Waals surface area contributed by atoms with Crippen LogP contribution >= 0.6 is 44.7 Å². The van der Waals surface area contributed by atoms with Crippen molar-refractivity contribution in [2.75, 3.05) is 38.5 Å². The summed E-state index contributed by atoms with van der Waals surface area (Å²) in [6, 6.07) is 39.2. The van der Waals surface area contributed by atoms with E-state index in [1.807, 2.05) is 32.9 Å². The van der Waals surface area contributed by atoms with Crippen LogP contribution in [0.4, 0.5) is 85.3 Å². The van der Waals surface area contributed by atoms with Gasteiger partial charge < -0.3 is 98.1 Å². The van der Waals surface area contributed by atoms with Crippen LogP contribution in [-0.2, 0) is 44.8 Å². The molecule has 0 bridgehead atoms. The van der Waals surface area contributed by atoms with Gasteiger partial charge >= 0.3 is 10.1 Å². The molecule has 0 aliphatic carbocycles. The van der Waals surface area contributed by atoms with Gasteiger partial charge in [0.2, 0.25) is 0 Å². The number of methoxy groups -OCH3 is 3. The van der Waals surface area contributed by atoms with Crippen molar-refractivity contribution in [1.82, 2.24) is 0 Å². The van der Waals surface area contributed by atoms with E-state index in [0.717, 1.165) is 64.2 Å². The first-order valence-corrected chi connectivity index (χ1v) is 46.3. The molecule has 12 rings (SSSR count). The number of phenolic OH excluding ortho intramolecular Hbond substituents is 3. The molecule has 0 amide bonds. The second-order valence-electron chi connectivity index (χ2n) is 26.7. The molecule has 12 aromatic rings. The molecule has 0 fully saturated rings. The highest BCUT2D eigenvalue weighted by Crippen LogP contribution is 2.60. The molecular weight excluding hydrogens is 1860 g/mol. The summed E-state index contributed by atoms with van der Waals surface area (Å²) in [6.07, 6.45) is 0. The monoisotopic (exact) mass is 1930 g/mol. The number of hydrogen-bond donors (Lipinski definition) is 19. The lowest BCUT2D eigenvalue weighted by molar-refractivity contribution is -0.0762. The van der Waals surface area contributed by atoms with Gasteiger partial charge in [0.25, 0.3) is 30.4 Å². The van der Waals surface area contributed by atoms with Crippen molar-refractivity contribution in [2.45, 2.75) is 64.0 Å². The molecule has 0 aliphatic rings. The molecule has 0 unspecified atom stereocenters. The van der Waals surface area contributed by atoms with Crippen LogP contribution in [0.25, 0.3) is 32.3 Å². The number of aryl methyl sites for hydroxylation is 5. The number of nitrogens with two attached hydrogens (primary N) is 3. The van der Waals surface area contributed by atoms with Gasteiger partial charge in [0.15, 0.2) is 23.0 Å². The van der Waals surface area contributed by atoms with Crippen LogP contribution in [0.15, 0.2) is 255 Å². The number of benzene rings is 12. The van der Waals surface area contributed by atoms with Crippen molar-refractivity contribution in [3.05, 3.63) is 192 Å². The largest absolute Gasteiger partial charge is 0.505 e. The summed E-state index contributed by atoms with van der Waals surface area (Å²) in [6.45, 7) is 9.19. The van der Waals surface area contributed by atoms with E-state index in [2.05, 4.69) is 65.7 Å². The summed E-state index contributed by atoms with van der Waals surface area (Å²) >= 11 is 0.215. The van der Waals surface area contributed by atoms with E-state index < -0.39 is 171 Å². The minimum Gasteiger partial charge on any atom is -0.505 e. The Balaban J connectivity index is 0.000000219. The molecule has 0 aliphatic heterocycles. The fourth-order valence-corrected chi connectivity index (χ4v) is 16.3. The third-order valence-corrected chi connectivity index (χ3v) is 23.7. The van der Waals surface area contributed by atoms with Crippen molar-refractivity contribution in [1.29, 1.82) is 0 Å². The molecule has 0 radical (unpaired) electrons. The number of azo groups is 6. The summed E-state index contributed by atoms with van der Waals surface area (Å²) in [5.74, 6) is -1.74. The van der Waals surface area contributed by atoms with E-state index in [0.29, 0.717) is 28.5 Å². The van der Waals surface area contributed by atoms with Crippen LogP contribution in [0, 0.1) is 45.1 Å². The standard InChI is InChI=1S/C26H23N5O13S4.C26H27N5O9S2.C24H23N5O7S2.H2O/c1-14-3-5-16(6-4-14)28-30-24-20(47(36,37)38)11-15-12-21(48(39,40)41)25(26(32)22(15)23(24)27)31-29-18-13-17(7-8-19(18)42-2)43-44-45-9-10-46(33,34)35;1-13-5-7-16(8-6-13)28-30-24-20(41(33,34)35)10-15-11-21(42(36,37)38)25(26(32)22(15)23(24)27)31-29-17-12-18(39-3)14(2)9-19(17)40-4;1-13-3-7-16(8-4-13)26-28-22-18(37(31,32)33)11-15-12-19(38(34,35)36)23(24(30)20(15)21(22)25)29-27-17-9-5-14(2)6-10-17;/h3-8,11-13,32,39-41H,27H2,1-2H3,(H,33,34,35)(H,36,37,38);5-12,32,36-38H,27H2,1-4H3,(H,33,34,35);3-12,30,34-36H,25H2,1-2H3,(H,31,32,33);1H2. The van der Waals surface area contributed by atoms with E-state index in [4.69, 9.17) is 40.9 Å². The zero-order valence-electron chi connectivity index (χ0n) is 67.4. The maximum Gasteiger partial charge on any atom is 0.336 e. The van der Waals surface area contributed by atoms with E-state index >= 15 is 0 Å². The van der Waals surface area contributed by atoms with Crippen molar-refractivity contribution in [3.63, 3.8) is 0 Å². The van der Waals surface area contributed by atoms with E-state index in [9.17, 15) is 104 Å². The van der Waals surface area contributed by atoms with Gasteiger partial charge in [-0.3, -0.25) is 18.2 Å². The average molecular weight is 1940 g/mol. The lowest BCUT2D eigenvalue weighted by atomic mass is 10.1. The lowest BCUT2D eigenvalue weighted by Crippen LogP contribution is -2.03. The minimum absolute atomic E-state index is 0. The topological polar surface area (TPSA) is 764 Å². The van der Waals surface area contributed by atoms with Crippen LogP contribution in [0.1, 0.15) is 27.8 Å². The van der Waals surface area contributed by atoms with Crippen LogP contribution in [0.2, 0.25) is 0 Å². The van der Waals surface area contributed by atoms with Crippen molar-refractivity contribution < 1.29 is 137 Å². The van der Waals surface area contributed by atoms with Gasteiger partial charge in [-0.25, -0.2) is 0 Å². The van der Waals surface area contributed by atoms with Gasteiger partial charge in [-0.1, -0.05) is 70.8 Å². The highest BCUT2D eigenvalue weighted by molar-refractivity contribution is 8.20. The highest BCUT2D eigenvalue weighted by atomic mass is 32.3. The second-order valence-corrected chi connectivity index (χ2v) is 36.9. The first-order chi connectivity index (χ1) is 59.8. The molecule has 0 saturated carbocycles. The summed E-state index contributed by atoms with van der Waals surface area (Å²) in [5.41, 5.74) is 19.8. The molecule has 12 aromatic carbocycles. The van der Waals surface area contributed by atoms with E-state index in [1.54, 1.807) is 110 Å². The summed E-state index contributed by atoms with van der Waals surface area (Å²) in [7, 11) is -29.1. The van der Waals surface area contributed by atoms with Crippen LogP contribution in [0.5, 0.6) is 40.2 Å². The molecule has 0 heterocycles. The molecule has 24 N–H and O–H groups in total. The Morgan fingerprint density at radius 1 is 0.326 bits per heavy atom. The van der Waals surface area contributed by atoms with Gasteiger partial charge in [0.1, 0.15) is 122 Å². The molecule has 0 saturated heterocycles. The number of rotatable bonds is 24. The summed E-state index contributed by atoms with van der Waals surface area (Å²) in [5, 5.41) is 83.0. The summed E-state index contributed by atoms with van der Waals surface area (Å²) < 4.78 is 245. The maximum atomic E-state index is 12.3. The van der Waals surface area contributed by atoms with Crippen LogP contribution < -0.4 is 36.3 Å². The van der Waals surface area contributed by atoms with Gasteiger partial charge in [0.05, 0.1) is 97.2 Å². The predicted molar refractivity (Wildman–Crippen MR) is 480 cm³/mol. The van der Waals surface area contributed by atoms with Gasteiger partial charge in [-0.15, -0.1) is 45.2 Å². The van der Waals surface area contributed by atoms with E-state index in [-0.39, 0.29) is 78.5 Å². The number of aromatic hydroxyl groups is 3. The van der Waals surface area contributed by atoms with Gasteiger partial charge in [-0.05, 0) is 159 Å². The smallest absolute Gasteiger partial charge is 0.336 e. The number of ether oxygens (including phenoxy) is 3. The Hall–Kier alpha value is -12.8. The Morgan fingerprint density at radius 3 is 0.884 bits per heavy atom. The summed E-state index contributed by atoms with van der Waals surface area (Å²) in [4.78, 5) is 0.411. The average Bonchev–Trinajstić information content (AvgIpc) is 0.747. The third kappa shape index (κ3) is 24.5. The third-order valence-electron chi connectivity index (χ3n) is 17.6. The first kappa shape index (κ1) is 99.9. The molecule has 0 spiro atoms. The molecule has 53 heteroatoms.